The zero-order valence-corrected chi connectivity index (χ0v) is 9.85. The summed E-state index contributed by atoms with van der Waals surface area (Å²) in [6.07, 6.45) is 2.74. The van der Waals surface area contributed by atoms with Crippen LogP contribution in [0.2, 0.25) is 5.02 Å². The van der Waals surface area contributed by atoms with E-state index in [1.165, 1.54) is 4.90 Å². The van der Waals surface area contributed by atoms with Gasteiger partial charge >= 0.3 is 0 Å². The lowest BCUT2D eigenvalue weighted by Gasteiger charge is -2.02. The van der Waals surface area contributed by atoms with Crippen LogP contribution in [0.1, 0.15) is 5.69 Å². The molecule has 0 aliphatic carbocycles. The molecule has 0 N–H and O–H groups in total. The first-order valence-electron chi connectivity index (χ1n) is 4.54. The molecule has 0 saturated heterocycles. The third kappa shape index (κ3) is 2.55. The number of hydrogen-bond donors (Lipinski definition) is 0. The van der Waals surface area contributed by atoms with Crippen LogP contribution in [0.4, 0.5) is 0 Å². The molecule has 0 atom stereocenters. The maximum absolute atomic E-state index is 5.96. The predicted molar refractivity (Wildman–Crippen MR) is 63.1 cm³/mol. The van der Waals surface area contributed by atoms with E-state index in [0.717, 1.165) is 11.4 Å². The van der Waals surface area contributed by atoms with Crippen molar-refractivity contribution in [3.63, 3.8) is 0 Å². The van der Waals surface area contributed by atoms with Crippen LogP contribution in [-0.4, -0.2) is 9.78 Å². The molecule has 0 saturated carbocycles. The number of hydrogen-bond acceptors (Lipinski definition) is 2. The zero-order valence-electron chi connectivity index (χ0n) is 8.27. The van der Waals surface area contributed by atoms with Gasteiger partial charge in [0.15, 0.2) is 0 Å². The highest BCUT2D eigenvalue weighted by atomic mass is 35.5. The van der Waals surface area contributed by atoms with E-state index in [2.05, 4.69) is 23.4 Å². The Labute approximate surface area is 98.3 Å². The maximum Gasteiger partial charge on any atom is 0.133 e. The Bertz CT molecular complexity index is 420. The third-order valence-corrected chi connectivity index (χ3v) is 3.39. The van der Waals surface area contributed by atoms with E-state index < -0.39 is 0 Å². The largest absolute Gasteiger partial charge is 0.270 e. The second kappa shape index (κ2) is 4.73. The Balaban J connectivity index is 2.05. The normalized spacial score (nSPS) is 10.5. The summed E-state index contributed by atoms with van der Waals surface area (Å²) in [6, 6.07) is 10.2. The van der Waals surface area contributed by atoms with Gasteiger partial charge in [0, 0.05) is 17.7 Å². The molecule has 0 aliphatic heterocycles. The third-order valence-electron chi connectivity index (χ3n) is 2.06. The van der Waals surface area contributed by atoms with Crippen molar-refractivity contribution in [2.24, 2.45) is 7.05 Å². The molecule has 0 bridgehead atoms. The van der Waals surface area contributed by atoms with E-state index in [1.54, 1.807) is 16.4 Å². The Morgan fingerprint density at radius 1 is 1.40 bits per heavy atom. The Morgan fingerprint density at radius 3 is 2.73 bits per heavy atom. The summed E-state index contributed by atoms with van der Waals surface area (Å²) in [4.78, 5) is 1.23. The van der Waals surface area contributed by atoms with E-state index in [9.17, 15) is 0 Å². The number of halogens is 1. The minimum absolute atomic E-state index is 0.612. The Morgan fingerprint density at radius 2 is 2.13 bits per heavy atom. The van der Waals surface area contributed by atoms with Crippen LogP contribution in [0, 0.1) is 6.20 Å². The molecule has 2 aromatic rings. The van der Waals surface area contributed by atoms with Gasteiger partial charge in [0.05, 0.1) is 10.7 Å². The molecule has 0 fully saturated rings. The van der Waals surface area contributed by atoms with Crippen molar-refractivity contribution in [3.8, 4) is 0 Å². The van der Waals surface area contributed by atoms with E-state index in [0.29, 0.717) is 5.02 Å². The second-order valence-electron chi connectivity index (χ2n) is 3.10. The van der Waals surface area contributed by atoms with Crippen LogP contribution < -0.4 is 0 Å². The molecule has 2 nitrogen and oxygen atoms in total. The average molecular weight is 238 g/mol. The molecule has 77 valence electrons. The van der Waals surface area contributed by atoms with Crippen LogP contribution in [-0.2, 0) is 12.8 Å². The van der Waals surface area contributed by atoms with Crippen molar-refractivity contribution < 1.29 is 0 Å². The fourth-order valence-electron chi connectivity index (χ4n) is 1.21. The van der Waals surface area contributed by atoms with Crippen molar-refractivity contribution in [1.82, 2.24) is 9.78 Å². The summed E-state index contributed by atoms with van der Waals surface area (Å²) in [6.45, 7) is 0. The minimum atomic E-state index is 0.612. The number of nitrogens with zero attached hydrogens (tertiary/aromatic N) is 2. The monoisotopic (exact) mass is 237 g/mol. The van der Waals surface area contributed by atoms with Gasteiger partial charge in [0.1, 0.15) is 6.20 Å². The number of benzene rings is 1. The van der Waals surface area contributed by atoms with Crippen molar-refractivity contribution >= 4 is 23.4 Å². The lowest BCUT2D eigenvalue weighted by Crippen LogP contribution is -1.96. The van der Waals surface area contributed by atoms with Gasteiger partial charge in [-0.3, -0.25) is 4.68 Å². The molecule has 1 radical (unpaired) electrons. The molecular formula is C11H10ClN2S. The quantitative estimate of drug-likeness (QED) is 0.764. The van der Waals surface area contributed by atoms with Crippen molar-refractivity contribution in [2.45, 2.75) is 10.6 Å². The van der Waals surface area contributed by atoms with Gasteiger partial charge < -0.3 is 0 Å². The van der Waals surface area contributed by atoms with Gasteiger partial charge in [0.2, 0.25) is 0 Å². The van der Waals surface area contributed by atoms with Gasteiger partial charge in [-0.05, 0) is 12.1 Å². The molecule has 4 heteroatoms. The molecule has 0 unspecified atom stereocenters. The first-order chi connectivity index (χ1) is 7.27. The molecule has 0 spiro atoms. The van der Waals surface area contributed by atoms with Gasteiger partial charge in [-0.2, -0.15) is 5.10 Å². The van der Waals surface area contributed by atoms with Crippen LogP contribution in [0.3, 0.4) is 0 Å². The molecule has 1 heterocycles. The van der Waals surface area contributed by atoms with Gasteiger partial charge in [-0.25, -0.2) is 0 Å². The number of thioether (sulfide) groups is 1. The highest BCUT2D eigenvalue weighted by Gasteiger charge is 2.06. The SMILES string of the molecule is Cn1n[c]c(Cl)c1CSc1ccccc1. The molecule has 0 aliphatic rings. The molecular weight excluding hydrogens is 228 g/mol. The molecule has 15 heavy (non-hydrogen) atoms. The molecule has 1 aromatic carbocycles. The number of aryl methyl sites for hydroxylation is 1. The van der Waals surface area contributed by atoms with E-state index in [1.807, 2.05) is 25.2 Å². The fraction of sp³-hybridized carbons (Fsp3) is 0.182. The summed E-state index contributed by atoms with van der Waals surface area (Å²) in [7, 11) is 1.88. The Hall–Kier alpha value is -0.930. The molecule has 2 rings (SSSR count). The second-order valence-corrected chi connectivity index (χ2v) is 4.52. The van der Waals surface area contributed by atoms with Gasteiger partial charge in [-0.15, -0.1) is 11.8 Å². The maximum atomic E-state index is 5.96. The van der Waals surface area contributed by atoms with E-state index in [-0.39, 0.29) is 0 Å². The van der Waals surface area contributed by atoms with Crippen LogP contribution in [0.15, 0.2) is 35.2 Å². The summed E-state index contributed by atoms with van der Waals surface area (Å²) < 4.78 is 1.76. The first kappa shape index (κ1) is 10.6. The fourth-order valence-corrected chi connectivity index (χ4v) is 2.50. The summed E-state index contributed by atoms with van der Waals surface area (Å²) in [5, 5.41) is 4.59. The van der Waals surface area contributed by atoms with Crippen molar-refractivity contribution in [1.29, 1.82) is 0 Å². The lowest BCUT2D eigenvalue weighted by molar-refractivity contribution is 0.734. The standard InChI is InChI=1S/C11H10ClN2S/c1-14-11(10(12)7-13-14)8-15-9-5-3-2-4-6-9/h2-6H,8H2,1H3. The number of aromatic nitrogens is 2. The first-order valence-corrected chi connectivity index (χ1v) is 5.90. The lowest BCUT2D eigenvalue weighted by atomic mass is 10.4. The minimum Gasteiger partial charge on any atom is -0.270 e. The number of rotatable bonds is 3. The van der Waals surface area contributed by atoms with E-state index in [4.69, 9.17) is 11.6 Å². The highest BCUT2D eigenvalue weighted by Crippen LogP contribution is 2.25. The highest BCUT2D eigenvalue weighted by molar-refractivity contribution is 7.98. The predicted octanol–water partition coefficient (Wildman–Crippen LogP) is 3.17. The molecule has 0 amide bonds. The van der Waals surface area contributed by atoms with E-state index >= 15 is 0 Å². The zero-order chi connectivity index (χ0) is 10.7. The Kier molecular flexibility index (Phi) is 3.34. The average Bonchev–Trinajstić information content (AvgIpc) is 2.58. The van der Waals surface area contributed by atoms with Crippen molar-refractivity contribution in [2.75, 3.05) is 0 Å². The van der Waals surface area contributed by atoms with Crippen LogP contribution in [0.25, 0.3) is 0 Å². The molecule has 1 aromatic heterocycles. The van der Waals surface area contributed by atoms with Gasteiger partial charge in [0.25, 0.3) is 0 Å². The summed E-state index contributed by atoms with van der Waals surface area (Å²) >= 11 is 7.70. The smallest absolute Gasteiger partial charge is 0.133 e. The summed E-state index contributed by atoms with van der Waals surface area (Å²) in [5.41, 5.74) is 1.01. The topological polar surface area (TPSA) is 17.8 Å². The van der Waals surface area contributed by atoms with Crippen LogP contribution >= 0.6 is 23.4 Å². The van der Waals surface area contributed by atoms with Gasteiger partial charge in [-0.1, -0.05) is 29.8 Å². The summed E-state index contributed by atoms with van der Waals surface area (Å²) in [5.74, 6) is 0.815. The van der Waals surface area contributed by atoms with Crippen molar-refractivity contribution in [3.05, 3.63) is 47.2 Å². The van der Waals surface area contributed by atoms with Crippen LogP contribution in [0.5, 0.6) is 0 Å².